The van der Waals surface area contributed by atoms with Gasteiger partial charge in [-0.1, -0.05) is 24.3 Å². The molecular formula is C11H7IO2Zn. The van der Waals surface area contributed by atoms with Crippen molar-refractivity contribution in [3.63, 3.8) is 0 Å². The number of carbonyl (C=O) groups is 1. The minimum absolute atomic E-state index is 0. The Morgan fingerprint density at radius 1 is 1.13 bits per heavy atom. The first kappa shape index (κ1) is 12.6. The SMILES string of the molecule is O=C(O)c1cccc2cccc(I)c12.[Zn]. The zero-order valence-electron chi connectivity index (χ0n) is 7.90. The second kappa shape index (κ2) is 5.04. The topological polar surface area (TPSA) is 37.3 Å². The van der Waals surface area contributed by atoms with E-state index in [0.29, 0.717) is 5.56 Å². The number of hydrogen-bond donors (Lipinski definition) is 1. The van der Waals surface area contributed by atoms with Crippen molar-refractivity contribution in [1.29, 1.82) is 0 Å². The van der Waals surface area contributed by atoms with Gasteiger partial charge in [0.1, 0.15) is 0 Å². The van der Waals surface area contributed by atoms with Crippen LogP contribution in [0.15, 0.2) is 36.4 Å². The summed E-state index contributed by atoms with van der Waals surface area (Å²) in [6.45, 7) is 0. The molecule has 2 nitrogen and oxygen atoms in total. The Kier molecular flexibility index (Phi) is 4.23. The van der Waals surface area contributed by atoms with Gasteiger partial charge in [0, 0.05) is 28.4 Å². The van der Waals surface area contributed by atoms with Crippen molar-refractivity contribution < 1.29 is 29.4 Å². The molecule has 0 atom stereocenters. The summed E-state index contributed by atoms with van der Waals surface area (Å²) >= 11 is 2.15. The predicted molar refractivity (Wildman–Crippen MR) is 63.6 cm³/mol. The van der Waals surface area contributed by atoms with Crippen LogP contribution >= 0.6 is 22.6 Å². The Balaban J connectivity index is 0.00000112. The average molecular weight is 363 g/mol. The average Bonchev–Trinajstić information content (AvgIpc) is 2.17. The monoisotopic (exact) mass is 362 g/mol. The number of carboxylic acid groups (broad SMARTS) is 1. The zero-order valence-corrected chi connectivity index (χ0v) is 13.0. The molecule has 2 rings (SSSR count). The summed E-state index contributed by atoms with van der Waals surface area (Å²) in [5.74, 6) is -0.875. The Morgan fingerprint density at radius 3 is 2.33 bits per heavy atom. The number of carboxylic acids is 1. The molecule has 0 aliphatic carbocycles. The summed E-state index contributed by atoms with van der Waals surface area (Å²) in [4.78, 5) is 11.0. The molecule has 0 saturated heterocycles. The number of halogens is 1. The minimum atomic E-state index is -0.875. The smallest absolute Gasteiger partial charge is 0.336 e. The van der Waals surface area contributed by atoms with Crippen LogP contribution in [0, 0.1) is 3.57 Å². The Hall–Kier alpha value is -0.477. The van der Waals surface area contributed by atoms with E-state index in [1.807, 2.05) is 24.3 Å². The standard InChI is InChI=1S/C11H7IO2.Zn/c12-9-6-2-4-7-3-1-5-8(10(7)9)11(13)14;/h1-6H,(H,13,14);. The van der Waals surface area contributed by atoms with Gasteiger partial charge in [0.15, 0.2) is 0 Å². The van der Waals surface area contributed by atoms with Crippen molar-refractivity contribution in [1.82, 2.24) is 0 Å². The van der Waals surface area contributed by atoms with Gasteiger partial charge >= 0.3 is 5.97 Å². The van der Waals surface area contributed by atoms with E-state index in [1.165, 1.54) is 0 Å². The first-order valence-electron chi connectivity index (χ1n) is 4.10. The fourth-order valence-corrected chi connectivity index (χ4v) is 2.28. The number of aromatic carboxylic acids is 1. The summed E-state index contributed by atoms with van der Waals surface area (Å²) in [5, 5.41) is 10.8. The van der Waals surface area contributed by atoms with Gasteiger partial charge in [-0.2, -0.15) is 0 Å². The van der Waals surface area contributed by atoms with Crippen LogP contribution in [0.2, 0.25) is 0 Å². The molecule has 0 aromatic heterocycles. The summed E-state index contributed by atoms with van der Waals surface area (Å²) in [7, 11) is 0. The van der Waals surface area contributed by atoms with Gasteiger partial charge in [0.05, 0.1) is 5.56 Å². The first-order chi connectivity index (χ1) is 6.70. The van der Waals surface area contributed by atoms with Gasteiger partial charge in [0.25, 0.3) is 0 Å². The van der Waals surface area contributed by atoms with E-state index in [0.717, 1.165) is 14.3 Å². The summed E-state index contributed by atoms with van der Waals surface area (Å²) in [6.07, 6.45) is 0. The molecule has 2 aromatic rings. The second-order valence-corrected chi connectivity index (χ2v) is 4.11. The Bertz CT molecular complexity index is 506. The maximum atomic E-state index is 11.0. The molecule has 2 aromatic carbocycles. The van der Waals surface area contributed by atoms with Gasteiger partial charge in [-0.05, 0) is 40.1 Å². The van der Waals surface area contributed by atoms with Gasteiger partial charge in [0.2, 0.25) is 0 Å². The zero-order chi connectivity index (χ0) is 10.1. The molecule has 0 amide bonds. The molecule has 4 heteroatoms. The predicted octanol–water partition coefficient (Wildman–Crippen LogP) is 3.14. The van der Waals surface area contributed by atoms with E-state index < -0.39 is 5.97 Å². The van der Waals surface area contributed by atoms with Gasteiger partial charge < -0.3 is 5.11 Å². The van der Waals surface area contributed by atoms with E-state index in [4.69, 9.17) is 5.11 Å². The third kappa shape index (κ3) is 2.37. The fraction of sp³-hybridized carbons (Fsp3) is 0. The van der Waals surface area contributed by atoms with Crippen molar-refractivity contribution >= 4 is 39.3 Å². The van der Waals surface area contributed by atoms with E-state index in [-0.39, 0.29) is 19.5 Å². The number of rotatable bonds is 1. The van der Waals surface area contributed by atoms with Crippen molar-refractivity contribution in [2.75, 3.05) is 0 Å². The molecular weight excluding hydrogens is 356 g/mol. The second-order valence-electron chi connectivity index (χ2n) is 2.95. The van der Waals surface area contributed by atoms with Gasteiger partial charge in [-0.15, -0.1) is 0 Å². The largest absolute Gasteiger partial charge is 0.478 e. The maximum Gasteiger partial charge on any atom is 0.336 e. The summed E-state index contributed by atoms with van der Waals surface area (Å²) < 4.78 is 0.970. The number of hydrogen-bond acceptors (Lipinski definition) is 1. The Morgan fingerprint density at radius 2 is 1.73 bits per heavy atom. The first-order valence-corrected chi connectivity index (χ1v) is 5.18. The van der Waals surface area contributed by atoms with Gasteiger partial charge in [-0.3, -0.25) is 0 Å². The molecule has 0 aliphatic heterocycles. The molecule has 0 heterocycles. The van der Waals surface area contributed by atoms with Crippen LogP contribution < -0.4 is 0 Å². The minimum Gasteiger partial charge on any atom is -0.478 e. The molecule has 0 saturated carbocycles. The van der Waals surface area contributed by atoms with E-state index in [2.05, 4.69) is 22.6 Å². The van der Waals surface area contributed by atoms with Crippen LogP contribution in [0.25, 0.3) is 10.8 Å². The van der Waals surface area contributed by atoms with Crippen LogP contribution in [-0.4, -0.2) is 11.1 Å². The molecule has 0 fully saturated rings. The molecule has 0 radical (unpaired) electrons. The van der Waals surface area contributed by atoms with Crippen LogP contribution in [0.3, 0.4) is 0 Å². The van der Waals surface area contributed by atoms with Crippen LogP contribution in [0.1, 0.15) is 10.4 Å². The molecule has 0 bridgehead atoms. The normalized spacial score (nSPS) is 9.67. The number of fused-ring (bicyclic) bond motifs is 1. The molecule has 0 aliphatic rings. The van der Waals surface area contributed by atoms with E-state index in [1.54, 1.807) is 12.1 Å². The van der Waals surface area contributed by atoms with Crippen molar-refractivity contribution in [2.24, 2.45) is 0 Å². The molecule has 72 valence electrons. The van der Waals surface area contributed by atoms with Gasteiger partial charge in [-0.25, -0.2) is 4.79 Å². The van der Waals surface area contributed by atoms with Crippen molar-refractivity contribution in [2.45, 2.75) is 0 Å². The molecule has 1 N–H and O–H groups in total. The van der Waals surface area contributed by atoms with Crippen LogP contribution in [0.5, 0.6) is 0 Å². The number of benzene rings is 2. The third-order valence-corrected chi connectivity index (χ3v) is 2.98. The van der Waals surface area contributed by atoms with Crippen molar-refractivity contribution in [3.05, 3.63) is 45.5 Å². The molecule has 0 spiro atoms. The van der Waals surface area contributed by atoms with Crippen molar-refractivity contribution in [3.8, 4) is 0 Å². The quantitative estimate of drug-likeness (QED) is 0.624. The van der Waals surface area contributed by atoms with Crippen LogP contribution in [0.4, 0.5) is 0 Å². The van der Waals surface area contributed by atoms with E-state index in [9.17, 15) is 4.79 Å². The maximum absolute atomic E-state index is 11.0. The van der Waals surface area contributed by atoms with E-state index >= 15 is 0 Å². The summed E-state index contributed by atoms with van der Waals surface area (Å²) in [6, 6.07) is 11.1. The van der Waals surface area contributed by atoms with Crippen LogP contribution in [-0.2, 0) is 19.5 Å². The third-order valence-electron chi connectivity index (χ3n) is 2.08. The molecule has 15 heavy (non-hydrogen) atoms. The Labute approximate surface area is 114 Å². The molecule has 0 unspecified atom stereocenters. The fourth-order valence-electron chi connectivity index (χ4n) is 1.47. The summed E-state index contributed by atoms with van der Waals surface area (Å²) in [5.41, 5.74) is 0.368.